The van der Waals surface area contributed by atoms with E-state index in [1.54, 1.807) is 0 Å². The van der Waals surface area contributed by atoms with Crippen LogP contribution in [-0.2, 0) is 82.5 Å². The first kappa shape index (κ1) is 38.2. The summed E-state index contributed by atoms with van der Waals surface area (Å²) in [6, 6.07) is -0.813. The monoisotopic (exact) mass is 868 g/mol. The molecule has 1 fully saturated rings. The molecular formula is C20H24MoN10O15P2S2. The number of imidazole rings is 1. The Labute approximate surface area is 296 Å². The van der Waals surface area contributed by atoms with E-state index < -0.39 is 101 Å². The van der Waals surface area contributed by atoms with Gasteiger partial charge in [-0.1, -0.05) is 0 Å². The summed E-state index contributed by atoms with van der Waals surface area (Å²) in [7, 11) is -10.7. The minimum atomic E-state index is -5.39. The second kappa shape index (κ2) is 14.9. The van der Waals surface area contributed by atoms with Crippen molar-refractivity contribution in [2.24, 2.45) is 0 Å². The number of phosphoric ester groups is 2. The normalized spacial score (nSPS) is 28.1. The Morgan fingerprint density at radius 2 is 1.56 bits per heavy atom. The van der Waals surface area contributed by atoms with Gasteiger partial charge in [-0.3, -0.25) is 33.2 Å². The Morgan fingerprint density at radius 3 is 2.24 bits per heavy atom. The molecular weight excluding hydrogens is 842 g/mol. The molecule has 3 aromatic rings. The van der Waals surface area contributed by atoms with E-state index in [4.69, 9.17) is 62.0 Å². The van der Waals surface area contributed by atoms with Gasteiger partial charge in [0.25, 0.3) is 11.1 Å². The Kier molecular flexibility index (Phi) is 11.4. The molecule has 6 rings (SSSR count). The van der Waals surface area contributed by atoms with Gasteiger partial charge in [0.15, 0.2) is 29.4 Å². The maximum absolute atomic E-state index is 12.6. The van der Waals surface area contributed by atoms with Crippen molar-refractivity contribution in [1.29, 1.82) is 0 Å². The van der Waals surface area contributed by atoms with Gasteiger partial charge in [0.2, 0.25) is 11.9 Å². The number of aliphatic hydroxyl groups is 2. The van der Waals surface area contributed by atoms with Crippen molar-refractivity contribution >= 4 is 75.5 Å². The summed E-state index contributed by atoms with van der Waals surface area (Å²) in [5, 5.41) is 26.7. The first-order chi connectivity index (χ1) is 23.4. The van der Waals surface area contributed by atoms with Crippen LogP contribution in [0.4, 0.5) is 23.4 Å². The Bertz CT molecular complexity index is 2080. The molecule has 272 valence electrons. The summed E-state index contributed by atoms with van der Waals surface area (Å²) in [5.74, 6) is -0.395. The number of fused-ring (bicyclic) bond motifs is 3. The number of hydrogen-bond donors (Lipinski definition) is 10. The van der Waals surface area contributed by atoms with Crippen molar-refractivity contribution in [1.82, 2.24) is 29.5 Å². The summed E-state index contributed by atoms with van der Waals surface area (Å²) >= 11 is 8.66. The molecule has 0 amide bonds. The number of nitrogen functional groups attached to an aromatic ring is 2. The van der Waals surface area contributed by atoms with Crippen LogP contribution in [-0.4, -0.2) is 99.4 Å². The number of phosphoric acid groups is 2. The summed E-state index contributed by atoms with van der Waals surface area (Å²) < 4.78 is 68.5. The molecule has 9 atom stereocenters. The quantitative estimate of drug-likeness (QED) is 0.0579. The molecule has 0 aliphatic carbocycles. The van der Waals surface area contributed by atoms with Crippen molar-refractivity contribution in [3.05, 3.63) is 36.8 Å². The SMILES string of the molecule is Nc1nc2c(c(=O)[nH]1)N[C@H]1C([S-])=C([S-])[C@@H](COP(=O)(O)OP(=O)(O)OC[C@H]3O[C@@H](n4cnc5c(=O)[nH]c(N)nc54)[C@H](O)[C@@H]3O)O[C@H]1N2.[O]=[Mo+2]=[O]. The number of aromatic amines is 2. The maximum atomic E-state index is 12.6. The fraction of sp³-hybridized carbons (Fsp3) is 0.450. The third-order valence-electron chi connectivity index (χ3n) is 7.01. The standard InChI is InChI=1S/C20H26N10O13P2S2.Mo.2O/c21-19-26-13-7(15(33)28-19)24-6-12(47)11(46)5(41-17(6)25-13)2-40-45(37,38)43-44(35,36)39-1-4-9(31)10(32)18(42-4)30-3-23-8-14(30)27-20(22)29-16(8)34;;;/h3-6,9-10,17-18,24,31-32,46-47H,1-2H2,(H,35,36)(H,37,38)(H3,22,27,29,34)(H4,21,25,26,28,33);;;/q;+2;;/p-2/t4-,5-,6+,9-,10-,17-,18-;;;/m1.../s1. The average Bonchev–Trinajstić information content (AvgIpc) is 3.56. The molecule has 12 N–H and O–H groups in total. The number of nitrogens with zero attached hydrogens (tertiary/aromatic N) is 4. The van der Waals surface area contributed by atoms with Crippen LogP contribution in [0, 0.1) is 0 Å². The van der Waals surface area contributed by atoms with Crippen LogP contribution in [0.5, 0.6) is 0 Å². The van der Waals surface area contributed by atoms with E-state index in [1.165, 1.54) is 0 Å². The van der Waals surface area contributed by atoms with Crippen molar-refractivity contribution < 1.29 is 77.2 Å². The number of anilines is 4. The number of ether oxygens (including phenoxy) is 2. The van der Waals surface area contributed by atoms with E-state index in [0.29, 0.717) is 0 Å². The van der Waals surface area contributed by atoms with E-state index >= 15 is 0 Å². The van der Waals surface area contributed by atoms with Crippen LogP contribution in [0.25, 0.3) is 11.2 Å². The van der Waals surface area contributed by atoms with E-state index in [1.807, 2.05) is 0 Å². The van der Waals surface area contributed by atoms with Gasteiger partial charge in [-0.25, -0.2) is 14.1 Å². The van der Waals surface area contributed by atoms with E-state index in [2.05, 4.69) is 39.9 Å². The molecule has 3 aliphatic heterocycles. The van der Waals surface area contributed by atoms with Crippen LogP contribution in [0.1, 0.15) is 6.23 Å². The predicted octanol–water partition coefficient (Wildman–Crippen LogP) is -3.07. The van der Waals surface area contributed by atoms with Crippen LogP contribution < -0.4 is 33.2 Å². The predicted molar refractivity (Wildman–Crippen MR) is 163 cm³/mol. The number of hydrogen-bond acceptors (Lipinski definition) is 22. The number of nitrogens with two attached hydrogens (primary N) is 2. The van der Waals surface area contributed by atoms with Gasteiger partial charge < -0.3 is 76.8 Å². The third kappa shape index (κ3) is 8.05. The first-order valence-corrected chi connectivity index (χ1v) is 18.9. The minimum absolute atomic E-state index is 0.0316. The zero-order chi connectivity index (χ0) is 36.7. The van der Waals surface area contributed by atoms with Crippen LogP contribution in [0.2, 0.25) is 0 Å². The van der Waals surface area contributed by atoms with Gasteiger partial charge in [0.05, 0.1) is 31.7 Å². The molecule has 3 aliphatic rings. The van der Waals surface area contributed by atoms with E-state index in [0.717, 1.165) is 10.9 Å². The fourth-order valence-corrected chi connectivity index (χ4v) is 7.54. The van der Waals surface area contributed by atoms with E-state index in [9.17, 15) is 38.7 Å². The zero-order valence-electron chi connectivity index (χ0n) is 24.4. The molecule has 0 spiro atoms. The Balaban J connectivity index is 0.00000156. The molecule has 0 radical (unpaired) electrons. The number of rotatable bonds is 9. The zero-order valence-corrected chi connectivity index (χ0v) is 29.8. The third-order valence-corrected chi connectivity index (χ3v) is 10.7. The van der Waals surface area contributed by atoms with E-state index in [-0.39, 0.29) is 44.4 Å². The molecule has 30 heteroatoms. The van der Waals surface area contributed by atoms with Crippen molar-refractivity contribution in [3.63, 3.8) is 0 Å². The number of aromatic nitrogens is 6. The van der Waals surface area contributed by atoms with Gasteiger partial charge >= 0.3 is 40.9 Å². The fourth-order valence-electron chi connectivity index (χ4n) is 4.89. The summed E-state index contributed by atoms with van der Waals surface area (Å²) in [4.78, 5) is 61.0. The number of nitrogens with one attached hydrogen (secondary N) is 4. The molecule has 2 unspecified atom stereocenters. The molecule has 25 nitrogen and oxygen atoms in total. The first-order valence-electron chi connectivity index (χ1n) is 13.4. The Morgan fingerprint density at radius 1 is 0.940 bits per heavy atom. The van der Waals surface area contributed by atoms with Gasteiger partial charge in [-0.2, -0.15) is 24.1 Å². The Hall–Kier alpha value is -3.00. The number of aliphatic hydroxyl groups excluding tert-OH is 2. The van der Waals surface area contributed by atoms with Crippen molar-refractivity contribution in [2.75, 3.05) is 35.3 Å². The van der Waals surface area contributed by atoms with Gasteiger partial charge in [0, 0.05) is 0 Å². The second-order valence-corrected chi connectivity index (χ2v) is 14.5. The topological polar surface area (TPSA) is 381 Å². The molecule has 3 aromatic heterocycles. The number of H-pyrrole nitrogens is 2. The van der Waals surface area contributed by atoms with Crippen LogP contribution in [0.15, 0.2) is 25.7 Å². The van der Waals surface area contributed by atoms with Gasteiger partial charge in [-0.15, -0.1) is 0 Å². The summed E-state index contributed by atoms with van der Waals surface area (Å²) in [6.45, 7) is -1.71. The van der Waals surface area contributed by atoms with Crippen LogP contribution in [0.3, 0.4) is 0 Å². The van der Waals surface area contributed by atoms with Gasteiger partial charge in [0.1, 0.15) is 24.0 Å². The van der Waals surface area contributed by atoms with Crippen molar-refractivity contribution in [2.45, 2.75) is 42.9 Å². The van der Waals surface area contributed by atoms with Crippen molar-refractivity contribution in [3.8, 4) is 0 Å². The summed E-state index contributed by atoms with van der Waals surface area (Å²) in [5.41, 5.74) is 9.69. The van der Waals surface area contributed by atoms with Crippen LogP contribution >= 0.6 is 15.6 Å². The molecule has 6 heterocycles. The molecule has 50 heavy (non-hydrogen) atoms. The van der Waals surface area contributed by atoms with Gasteiger partial charge in [-0.05, 0) is 0 Å². The second-order valence-electron chi connectivity index (χ2n) is 10.2. The molecule has 1 saturated heterocycles. The molecule has 0 saturated carbocycles. The molecule has 0 bridgehead atoms. The summed E-state index contributed by atoms with van der Waals surface area (Å²) in [6.07, 6.45) is -7.40. The average molecular weight is 866 g/mol. The molecule has 0 aromatic carbocycles.